The van der Waals surface area contributed by atoms with Gasteiger partial charge in [-0.25, -0.2) is 12.8 Å². The molecule has 0 unspecified atom stereocenters. The van der Waals surface area contributed by atoms with Crippen LogP contribution in [0.1, 0.15) is 0 Å². The largest absolute Gasteiger partial charge is 0.324 e. The summed E-state index contributed by atoms with van der Waals surface area (Å²) in [6, 6.07) is 9.73. The SMILES string of the molecule is CS(=O)(=O)N(CC(=O)Nc1cccc(F)c1)c1c(Cl)cccc1Cl. The van der Waals surface area contributed by atoms with Crippen molar-refractivity contribution in [3.05, 3.63) is 58.3 Å². The van der Waals surface area contributed by atoms with E-state index in [4.69, 9.17) is 23.2 Å². The first-order valence-electron chi connectivity index (χ1n) is 6.65. The van der Waals surface area contributed by atoms with Gasteiger partial charge in [0.25, 0.3) is 0 Å². The molecule has 0 saturated carbocycles. The molecule has 128 valence electrons. The zero-order valence-electron chi connectivity index (χ0n) is 12.5. The van der Waals surface area contributed by atoms with E-state index in [2.05, 4.69) is 5.32 Å². The number of anilines is 2. The number of halogens is 3. The topological polar surface area (TPSA) is 66.5 Å². The summed E-state index contributed by atoms with van der Waals surface area (Å²) in [5.41, 5.74) is 0.219. The Morgan fingerprint density at radius 3 is 2.29 bits per heavy atom. The van der Waals surface area contributed by atoms with Gasteiger partial charge in [-0.3, -0.25) is 9.10 Å². The van der Waals surface area contributed by atoms with E-state index in [9.17, 15) is 17.6 Å². The normalized spacial score (nSPS) is 11.2. The Kier molecular flexibility index (Phi) is 5.69. The lowest BCUT2D eigenvalue weighted by Crippen LogP contribution is -2.37. The van der Waals surface area contributed by atoms with Crippen LogP contribution in [0.2, 0.25) is 10.0 Å². The molecule has 0 aliphatic heterocycles. The van der Waals surface area contributed by atoms with Gasteiger partial charge in [0.2, 0.25) is 15.9 Å². The number of benzene rings is 2. The third kappa shape index (κ3) is 4.59. The van der Waals surface area contributed by atoms with Crippen LogP contribution in [-0.2, 0) is 14.8 Å². The summed E-state index contributed by atoms with van der Waals surface area (Å²) in [5, 5.41) is 2.60. The second kappa shape index (κ2) is 7.38. The fourth-order valence-corrected chi connectivity index (χ4v) is 3.57. The van der Waals surface area contributed by atoms with Crippen molar-refractivity contribution in [1.82, 2.24) is 0 Å². The number of rotatable bonds is 5. The highest BCUT2D eigenvalue weighted by Crippen LogP contribution is 2.34. The van der Waals surface area contributed by atoms with Crippen LogP contribution in [-0.4, -0.2) is 27.1 Å². The maximum atomic E-state index is 13.1. The summed E-state index contributed by atoms with van der Waals surface area (Å²) in [4.78, 5) is 12.2. The predicted octanol–water partition coefficient (Wildman–Crippen LogP) is 3.54. The van der Waals surface area contributed by atoms with E-state index in [1.165, 1.54) is 30.3 Å². The third-order valence-corrected chi connectivity index (χ3v) is 4.71. The van der Waals surface area contributed by atoms with Crippen LogP contribution in [0.15, 0.2) is 42.5 Å². The molecule has 0 aliphatic carbocycles. The molecule has 0 saturated heterocycles. The van der Waals surface area contributed by atoms with E-state index < -0.39 is 28.3 Å². The van der Waals surface area contributed by atoms with Crippen molar-refractivity contribution >= 4 is 50.5 Å². The summed E-state index contributed by atoms with van der Waals surface area (Å²) in [6.07, 6.45) is 0.933. The molecule has 0 fully saturated rings. The molecular formula is C15H13Cl2FN2O3S. The molecule has 2 aromatic rings. The molecule has 1 N–H and O–H groups in total. The van der Waals surface area contributed by atoms with Crippen LogP contribution in [0.25, 0.3) is 0 Å². The van der Waals surface area contributed by atoms with E-state index in [-0.39, 0.29) is 21.4 Å². The average molecular weight is 391 g/mol. The minimum atomic E-state index is -3.83. The Morgan fingerprint density at radius 2 is 1.75 bits per heavy atom. The minimum Gasteiger partial charge on any atom is -0.324 e. The van der Waals surface area contributed by atoms with Gasteiger partial charge in [-0.05, 0) is 30.3 Å². The highest BCUT2D eigenvalue weighted by atomic mass is 35.5. The van der Waals surface area contributed by atoms with Gasteiger partial charge >= 0.3 is 0 Å². The monoisotopic (exact) mass is 390 g/mol. The van der Waals surface area contributed by atoms with E-state index >= 15 is 0 Å². The van der Waals surface area contributed by atoms with Crippen LogP contribution in [0.3, 0.4) is 0 Å². The molecule has 0 aromatic heterocycles. The van der Waals surface area contributed by atoms with Crippen LogP contribution >= 0.6 is 23.2 Å². The fourth-order valence-electron chi connectivity index (χ4n) is 1.99. The third-order valence-electron chi connectivity index (χ3n) is 2.98. The molecule has 0 bridgehead atoms. The predicted molar refractivity (Wildman–Crippen MR) is 93.7 cm³/mol. The number of hydrogen-bond acceptors (Lipinski definition) is 3. The van der Waals surface area contributed by atoms with Crippen molar-refractivity contribution in [2.24, 2.45) is 0 Å². The van der Waals surface area contributed by atoms with Gasteiger partial charge in [0.1, 0.15) is 12.4 Å². The fraction of sp³-hybridized carbons (Fsp3) is 0.133. The number of amides is 1. The quantitative estimate of drug-likeness (QED) is 0.848. The number of nitrogens with zero attached hydrogens (tertiary/aromatic N) is 1. The first-order chi connectivity index (χ1) is 11.2. The van der Waals surface area contributed by atoms with E-state index in [0.29, 0.717) is 0 Å². The van der Waals surface area contributed by atoms with Crippen LogP contribution in [0, 0.1) is 5.82 Å². The Bertz CT molecular complexity index is 855. The Morgan fingerprint density at radius 1 is 1.17 bits per heavy atom. The van der Waals surface area contributed by atoms with E-state index in [0.717, 1.165) is 16.6 Å². The maximum absolute atomic E-state index is 13.1. The molecule has 2 aromatic carbocycles. The van der Waals surface area contributed by atoms with Crippen molar-refractivity contribution < 1.29 is 17.6 Å². The number of carbonyl (C=O) groups is 1. The van der Waals surface area contributed by atoms with Gasteiger partial charge in [0.15, 0.2) is 0 Å². The highest BCUT2D eigenvalue weighted by molar-refractivity contribution is 7.92. The summed E-state index contributed by atoms with van der Waals surface area (Å²) >= 11 is 12.0. The van der Waals surface area contributed by atoms with Gasteiger partial charge < -0.3 is 5.32 Å². The van der Waals surface area contributed by atoms with Gasteiger partial charge in [0, 0.05) is 5.69 Å². The summed E-state index contributed by atoms with van der Waals surface area (Å²) in [6.45, 7) is -0.557. The van der Waals surface area contributed by atoms with Crippen molar-refractivity contribution in [1.29, 1.82) is 0 Å². The standard InChI is InChI=1S/C15H13Cl2FN2O3S/c1-24(22,23)20(15-12(16)6-3-7-13(15)17)9-14(21)19-11-5-2-4-10(18)8-11/h2-8H,9H2,1H3,(H,19,21). The summed E-state index contributed by atoms with van der Waals surface area (Å²) in [7, 11) is -3.83. The number of nitrogens with one attached hydrogen (secondary N) is 1. The number of carbonyl (C=O) groups excluding carboxylic acids is 1. The molecule has 5 nitrogen and oxygen atoms in total. The molecule has 24 heavy (non-hydrogen) atoms. The lowest BCUT2D eigenvalue weighted by molar-refractivity contribution is -0.114. The molecule has 0 aliphatic rings. The molecule has 1 amide bonds. The summed E-state index contributed by atoms with van der Waals surface area (Å²) < 4.78 is 38.0. The van der Waals surface area contributed by atoms with Gasteiger partial charge in [-0.15, -0.1) is 0 Å². The average Bonchev–Trinajstić information content (AvgIpc) is 2.45. The van der Waals surface area contributed by atoms with Crippen LogP contribution < -0.4 is 9.62 Å². The minimum absolute atomic E-state index is 0.0118. The second-order valence-corrected chi connectivity index (χ2v) is 7.62. The Labute approximate surface area is 149 Å². The Hall–Kier alpha value is -1.83. The molecule has 0 atom stereocenters. The van der Waals surface area contributed by atoms with Crippen molar-refractivity contribution in [2.75, 3.05) is 22.4 Å². The lowest BCUT2D eigenvalue weighted by Gasteiger charge is -2.23. The second-order valence-electron chi connectivity index (χ2n) is 4.90. The van der Waals surface area contributed by atoms with Gasteiger partial charge in [-0.2, -0.15) is 0 Å². The van der Waals surface area contributed by atoms with Crippen LogP contribution in [0.4, 0.5) is 15.8 Å². The zero-order valence-corrected chi connectivity index (χ0v) is 14.8. The highest BCUT2D eigenvalue weighted by Gasteiger charge is 2.25. The lowest BCUT2D eigenvalue weighted by atomic mass is 10.3. The van der Waals surface area contributed by atoms with Crippen molar-refractivity contribution in [2.45, 2.75) is 0 Å². The first kappa shape index (κ1) is 18.5. The number of hydrogen-bond donors (Lipinski definition) is 1. The molecule has 0 radical (unpaired) electrons. The van der Waals surface area contributed by atoms with Crippen LogP contribution in [0.5, 0.6) is 0 Å². The van der Waals surface area contributed by atoms with E-state index in [1.807, 2.05) is 0 Å². The van der Waals surface area contributed by atoms with E-state index in [1.54, 1.807) is 6.07 Å². The Balaban J connectivity index is 2.29. The molecule has 0 spiro atoms. The zero-order chi connectivity index (χ0) is 17.9. The molecule has 2 rings (SSSR count). The van der Waals surface area contributed by atoms with Gasteiger partial charge in [0.05, 0.1) is 22.0 Å². The molecule has 9 heteroatoms. The molecule has 0 heterocycles. The van der Waals surface area contributed by atoms with Crippen molar-refractivity contribution in [3.63, 3.8) is 0 Å². The molecular weight excluding hydrogens is 378 g/mol. The first-order valence-corrected chi connectivity index (χ1v) is 9.26. The van der Waals surface area contributed by atoms with Gasteiger partial charge in [-0.1, -0.05) is 35.3 Å². The van der Waals surface area contributed by atoms with Crippen molar-refractivity contribution in [3.8, 4) is 0 Å². The smallest absolute Gasteiger partial charge is 0.245 e. The summed E-state index contributed by atoms with van der Waals surface area (Å²) in [5.74, 6) is -1.19. The maximum Gasteiger partial charge on any atom is 0.245 e. The number of para-hydroxylation sites is 1. The number of sulfonamides is 1.